The molecule has 0 unspecified atom stereocenters. The van der Waals surface area contributed by atoms with Gasteiger partial charge in [0.1, 0.15) is 5.82 Å². The van der Waals surface area contributed by atoms with E-state index in [4.69, 9.17) is 17.3 Å². The smallest absolute Gasteiger partial charge is 0.251 e. The van der Waals surface area contributed by atoms with E-state index in [0.29, 0.717) is 3.57 Å². The quantitative estimate of drug-likeness (QED) is 0.627. The van der Waals surface area contributed by atoms with E-state index >= 15 is 0 Å². The van der Waals surface area contributed by atoms with Crippen molar-refractivity contribution in [2.45, 2.75) is 0 Å². The molecule has 1 aromatic rings. The van der Waals surface area contributed by atoms with Crippen LogP contribution in [0.4, 0.5) is 4.39 Å². The first-order chi connectivity index (χ1) is 5.52. The van der Waals surface area contributed by atoms with Crippen LogP contribution in [0.25, 0.3) is 0 Å². The van der Waals surface area contributed by atoms with Crippen LogP contribution in [0.1, 0.15) is 10.4 Å². The third-order valence-electron chi connectivity index (χ3n) is 1.28. The molecule has 12 heavy (non-hydrogen) atoms. The fraction of sp³-hybridized carbons (Fsp3) is 0. The van der Waals surface area contributed by atoms with Gasteiger partial charge in [0.15, 0.2) is 0 Å². The number of rotatable bonds is 1. The van der Waals surface area contributed by atoms with Crippen molar-refractivity contribution >= 4 is 40.1 Å². The summed E-state index contributed by atoms with van der Waals surface area (Å²) in [5.74, 6) is -1.48. The van der Waals surface area contributed by atoms with Crippen molar-refractivity contribution in [3.8, 4) is 0 Å². The van der Waals surface area contributed by atoms with E-state index in [-0.39, 0.29) is 10.6 Å². The largest absolute Gasteiger partial charge is 0.366 e. The SMILES string of the molecule is NC(=O)c1cc(I)c(Cl)cc1F. The summed E-state index contributed by atoms with van der Waals surface area (Å²) < 4.78 is 13.5. The Morgan fingerprint density at radius 2 is 2.17 bits per heavy atom. The van der Waals surface area contributed by atoms with Crippen molar-refractivity contribution in [1.82, 2.24) is 0 Å². The lowest BCUT2D eigenvalue weighted by Gasteiger charge is -2.00. The number of hydrogen-bond donors (Lipinski definition) is 1. The lowest BCUT2D eigenvalue weighted by atomic mass is 10.2. The number of primary amides is 1. The maximum Gasteiger partial charge on any atom is 0.251 e. The fourth-order valence-electron chi connectivity index (χ4n) is 0.711. The lowest BCUT2D eigenvalue weighted by molar-refractivity contribution is 0.0996. The topological polar surface area (TPSA) is 43.1 Å². The minimum atomic E-state index is -0.790. The van der Waals surface area contributed by atoms with E-state index in [1.807, 2.05) is 22.6 Å². The van der Waals surface area contributed by atoms with Gasteiger partial charge in [-0.3, -0.25) is 4.79 Å². The summed E-state index contributed by atoms with van der Waals surface area (Å²) in [5, 5.41) is 0.276. The minimum Gasteiger partial charge on any atom is -0.366 e. The molecule has 1 amide bonds. The Hall–Kier alpha value is -0.360. The molecule has 0 aliphatic rings. The molecule has 0 spiro atoms. The molecule has 1 aromatic carbocycles. The average Bonchev–Trinajstić information content (AvgIpc) is 1.96. The van der Waals surface area contributed by atoms with Crippen molar-refractivity contribution in [3.63, 3.8) is 0 Å². The molecule has 5 heteroatoms. The van der Waals surface area contributed by atoms with Gasteiger partial charge >= 0.3 is 0 Å². The van der Waals surface area contributed by atoms with Crippen LogP contribution in [0, 0.1) is 9.39 Å². The number of carbonyl (C=O) groups is 1. The van der Waals surface area contributed by atoms with Gasteiger partial charge < -0.3 is 5.73 Å². The van der Waals surface area contributed by atoms with Gasteiger partial charge in [0, 0.05) is 3.57 Å². The molecule has 0 saturated carbocycles. The third-order valence-corrected chi connectivity index (χ3v) is 2.80. The van der Waals surface area contributed by atoms with Crippen LogP contribution in [0.2, 0.25) is 5.02 Å². The van der Waals surface area contributed by atoms with E-state index in [2.05, 4.69) is 0 Å². The third kappa shape index (κ3) is 1.87. The second-order valence-corrected chi connectivity index (χ2v) is 3.68. The van der Waals surface area contributed by atoms with Gasteiger partial charge in [-0.05, 0) is 34.7 Å². The predicted octanol–water partition coefficient (Wildman–Crippen LogP) is 2.18. The zero-order valence-electron chi connectivity index (χ0n) is 5.77. The van der Waals surface area contributed by atoms with Crippen LogP contribution < -0.4 is 5.73 Å². The normalized spacial score (nSPS) is 9.92. The van der Waals surface area contributed by atoms with Gasteiger partial charge in [-0.2, -0.15) is 0 Å². The van der Waals surface area contributed by atoms with Crippen LogP contribution in [-0.2, 0) is 0 Å². The molecule has 0 aromatic heterocycles. The van der Waals surface area contributed by atoms with E-state index in [1.54, 1.807) is 0 Å². The van der Waals surface area contributed by atoms with Crippen LogP contribution in [0.15, 0.2) is 12.1 Å². The summed E-state index contributed by atoms with van der Waals surface area (Å²) in [6.45, 7) is 0. The van der Waals surface area contributed by atoms with E-state index < -0.39 is 11.7 Å². The minimum absolute atomic E-state index is 0.135. The number of amides is 1. The highest BCUT2D eigenvalue weighted by Gasteiger charge is 2.10. The predicted molar refractivity (Wildman–Crippen MR) is 52.6 cm³/mol. The maximum absolute atomic E-state index is 12.9. The number of halogens is 3. The highest BCUT2D eigenvalue weighted by Crippen LogP contribution is 2.21. The first kappa shape index (κ1) is 9.73. The summed E-state index contributed by atoms with van der Waals surface area (Å²) in [5.41, 5.74) is 4.77. The maximum atomic E-state index is 12.9. The molecule has 0 atom stereocenters. The average molecular weight is 299 g/mol. The Labute approximate surface area is 87.0 Å². The van der Waals surface area contributed by atoms with Crippen molar-refractivity contribution in [1.29, 1.82) is 0 Å². The van der Waals surface area contributed by atoms with E-state index in [9.17, 15) is 9.18 Å². The highest BCUT2D eigenvalue weighted by molar-refractivity contribution is 14.1. The molecule has 0 fully saturated rings. The first-order valence-electron chi connectivity index (χ1n) is 2.96. The molecule has 0 radical (unpaired) electrons. The molecule has 64 valence electrons. The van der Waals surface area contributed by atoms with Gasteiger partial charge in [0.25, 0.3) is 5.91 Å². The summed E-state index contributed by atoms with van der Waals surface area (Å²) in [6, 6.07) is 2.39. The van der Waals surface area contributed by atoms with E-state index in [1.165, 1.54) is 6.07 Å². The Balaban J connectivity index is 3.33. The number of benzene rings is 1. The molecule has 0 bridgehead atoms. The zero-order valence-corrected chi connectivity index (χ0v) is 8.69. The lowest BCUT2D eigenvalue weighted by Crippen LogP contribution is -2.13. The van der Waals surface area contributed by atoms with Crippen molar-refractivity contribution < 1.29 is 9.18 Å². The van der Waals surface area contributed by atoms with Crippen LogP contribution >= 0.6 is 34.2 Å². The van der Waals surface area contributed by atoms with Crippen LogP contribution in [0.5, 0.6) is 0 Å². The van der Waals surface area contributed by atoms with Crippen molar-refractivity contribution in [3.05, 3.63) is 32.1 Å². The standard InChI is InChI=1S/C7H4ClFINO/c8-4-2-5(9)3(7(11)12)1-6(4)10/h1-2H,(H2,11,12). The van der Waals surface area contributed by atoms with E-state index in [0.717, 1.165) is 6.07 Å². The molecule has 2 N–H and O–H groups in total. The second kappa shape index (κ2) is 3.57. The van der Waals surface area contributed by atoms with Gasteiger partial charge in [0.2, 0.25) is 0 Å². The van der Waals surface area contributed by atoms with Gasteiger partial charge in [-0.15, -0.1) is 0 Å². The molecule has 0 aliphatic heterocycles. The second-order valence-electron chi connectivity index (χ2n) is 2.11. The molecule has 2 nitrogen and oxygen atoms in total. The fourth-order valence-corrected chi connectivity index (χ4v) is 1.33. The molecule has 0 saturated heterocycles. The summed E-state index contributed by atoms with van der Waals surface area (Å²) in [4.78, 5) is 10.6. The molecule has 0 heterocycles. The molecular formula is C7H4ClFINO. The summed E-state index contributed by atoms with van der Waals surface area (Å²) in [7, 11) is 0. The number of hydrogen-bond acceptors (Lipinski definition) is 1. The van der Waals surface area contributed by atoms with Crippen molar-refractivity contribution in [2.24, 2.45) is 5.73 Å². The first-order valence-corrected chi connectivity index (χ1v) is 4.42. The summed E-state index contributed by atoms with van der Waals surface area (Å²) >= 11 is 7.48. The van der Waals surface area contributed by atoms with Gasteiger partial charge in [-0.25, -0.2) is 4.39 Å². The molecule has 0 aliphatic carbocycles. The van der Waals surface area contributed by atoms with Crippen molar-refractivity contribution in [2.75, 3.05) is 0 Å². The highest BCUT2D eigenvalue weighted by atomic mass is 127. The van der Waals surface area contributed by atoms with Gasteiger partial charge in [0.05, 0.1) is 10.6 Å². The molecular weight excluding hydrogens is 295 g/mol. The Morgan fingerprint density at radius 3 is 2.67 bits per heavy atom. The summed E-state index contributed by atoms with van der Waals surface area (Å²) in [6.07, 6.45) is 0. The number of carbonyl (C=O) groups excluding carboxylic acids is 1. The Bertz CT molecular complexity index is 342. The number of nitrogens with two attached hydrogens (primary N) is 1. The monoisotopic (exact) mass is 299 g/mol. The Kier molecular flexibility index (Phi) is 2.89. The zero-order chi connectivity index (χ0) is 9.30. The van der Waals surface area contributed by atoms with Crippen LogP contribution in [-0.4, -0.2) is 5.91 Å². The van der Waals surface area contributed by atoms with Gasteiger partial charge in [-0.1, -0.05) is 11.6 Å². The van der Waals surface area contributed by atoms with Crippen LogP contribution in [0.3, 0.4) is 0 Å². The molecule has 1 rings (SSSR count). The Morgan fingerprint density at radius 1 is 1.58 bits per heavy atom.